The third kappa shape index (κ3) is 2.14. The minimum atomic E-state index is -2.98. The van der Waals surface area contributed by atoms with Gasteiger partial charge in [-0.3, -0.25) is 0 Å². The van der Waals surface area contributed by atoms with Crippen molar-refractivity contribution in [1.82, 2.24) is 4.90 Å². The van der Waals surface area contributed by atoms with Gasteiger partial charge < -0.3 is 14.7 Å². The van der Waals surface area contributed by atoms with Crippen LogP contribution in [0.1, 0.15) is 23.3 Å². The molecule has 4 nitrogen and oxygen atoms in total. The first kappa shape index (κ1) is 14.2. The summed E-state index contributed by atoms with van der Waals surface area (Å²) in [5, 5.41) is 8.97. The number of nitrogens with zero attached hydrogens (tertiary/aromatic N) is 1. The molecule has 1 spiro atoms. The van der Waals surface area contributed by atoms with Gasteiger partial charge >= 0.3 is 6.09 Å². The van der Waals surface area contributed by atoms with Crippen molar-refractivity contribution < 1.29 is 23.4 Å². The normalized spacial score (nSPS) is 23.6. The third-order valence-electron chi connectivity index (χ3n) is 3.88. The van der Waals surface area contributed by atoms with Gasteiger partial charge in [-0.15, -0.1) is 11.3 Å². The zero-order valence-electron chi connectivity index (χ0n) is 10.4. The molecular weight excluding hydrogens is 356 g/mol. The van der Waals surface area contributed by atoms with E-state index in [1.807, 2.05) is 0 Å². The van der Waals surface area contributed by atoms with Gasteiger partial charge in [0.05, 0.1) is 3.79 Å². The van der Waals surface area contributed by atoms with Crippen LogP contribution >= 0.6 is 27.3 Å². The van der Waals surface area contributed by atoms with E-state index in [0.717, 1.165) is 0 Å². The van der Waals surface area contributed by atoms with Crippen molar-refractivity contribution in [3.05, 3.63) is 20.3 Å². The SMILES string of the molecule is O=C(O)N1CCC2(CC1)OCC(F)(F)c1cc(Br)sc12. The van der Waals surface area contributed by atoms with Crippen LogP contribution in [0.3, 0.4) is 0 Å². The van der Waals surface area contributed by atoms with E-state index in [0.29, 0.717) is 34.6 Å². The standard InChI is InChI=1S/C12H12BrF2NO3S/c13-8-5-7-9(20-8)11(19-6-12(7,14)15)1-3-16(4-2-11)10(17)18/h5H,1-4,6H2,(H,17,18). The highest BCUT2D eigenvalue weighted by Crippen LogP contribution is 2.52. The van der Waals surface area contributed by atoms with Crippen LogP contribution in [0.15, 0.2) is 9.85 Å². The summed E-state index contributed by atoms with van der Waals surface area (Å²) < 4.78 is 34.0. The summed E-state index contributed by atoms with van der Waals surface area (Å²) in [6, 6.07) is 1.45. The molecule has 1 N–H and O–H groups in total. The Morgan fingerprint density at radius 2 is 2.10 bits per heavy atom. The molecule has 0 saturated carbocycles. The largest absolute Gasteiger partial charge is 0.465 e. The molecule has 1 fully saturated rings. The number of carboxylic acid groups (broad SMARTS) is 1. The summed E-state index contributed by atoms with van der Waals surface area (Å²) in [5.41, 5.74) is -0.746. The Hall–Kier alpha value is -0.730. The van der Waals surface area contributed by atoms with E-state index in [1.54, 1.807) is 0 Å². The molecule has 0 bridgehead atoms. The van der Waals surface area contributed by atoms with E-state index >= 15 is 0 Å². The van der Waals surface area contributed by atoms with Gasteiger partial charge in [0.1, 0.15) is 12.2 Å². The maximum Gasteiger partial charge on any atom is 0.407 e. The fourth-order valence-electron chi connectivity index (χ4n) is 2.77. The van der Waals surface area contributed by atoms with Crippen molar-refractivity contribution in [2.24, 2.45) is 0 Å². The Balaban J connectivity index is 1.94. The molecule has 0 unspecified atom stereocenters. The van der Waals surface area contributed by atoms with Gasteiger partial charge in [-0.05, 0) is 34.8 Å². The highest BCUT2D eigenvalue weighted by atomic mass is 79.9. The van der Waals surface area contributed by atoms with E-state index in [4.69, 9.17) is 9.84 Å². The van der Waals surface area contributed by atoms with Crippen molar-refractivity contribution in [3.8, 4) is 0 Å². The molecule has 1 aromatic rings. The summed E-state index contributed by atoms with van der Waals surface area (Å²) in [6.07, 6.45) is -0.154. The average molecular weight is 368 g/mol. The second kappa shape index (κ2) is 4.64. The molecule has 2 aliphatic heterocycles. The van der Waals surface area contributed by atoms with Gasteiger partial charge in [0.2, 0.25) is 0 Å². The average Bonchev–Trinajstić information content (AvgIpc) is 2.80. The Labute approximate surface area is 126 Å². The maximum atomic E-state index is 13.9. The van der Waals surface area contributed by atoms with Crippen molar-refractivity contribution in [2.75, 3.05) is 19.7 Å². The lowest BCUT2D eigenvalue weighted by Crippen LogP contribution is -2.49. The highest BCUT2D eigenvalue weighted by Gasteiger charge is 2.51. The van der Waals surface area contributed by atoms with Gasteiger partial charge in [-0.2, -0.15) is 8.78 Å². The second-order valence-corrected chi connectivity index (χ2v) is 7.48. The molecule has 110 valence electrons. The minimum Gasteiger partial charge on any atom is -0.465 e. The number of fused-ring (bicyclic) bond motifs is 2. The first-order valence-corrected chi connectivity index (χ1v) is 7.75. The van der Waals surface area contributed by atoms with Crippen molar-refractivity contribution in [3.63, 3.8) is 0 Å². The molecule has 1 aromatic heterocycles. The van der Waals surface area contributed by atoms with Crippen LogP contribution in [0.5, 0.6) is 0 Å². The molecule has 3 rings (SSSR count). The molecule has 1 amide bonds. The summed E-state index contributed by atoms with van der Waals surface area (Å²) in [4.78, 5) is 12.8. The number of amides is 1. The molecule has 0 atom stereocenters. The lowest BCUT2D eigenvalue weighted by atomic mass is 9.84. The summed E-state index contributed by atoms with van der Waals surface area (Å²) in [6.45, 7) is -0.0397. The maximum absolute atomic E-state index is 13.9. The van der Waals surface area contributed by atoms with Gasteiger partial charge in [-0.1, -0.05) is 0 Å². The third-order valence-corrected chi connectivity index (χ3v) is 5.70. The number of ether oxygens (including phenoxy) is 1. The van der Waals surface area contributed by atoms with Crippen LogP contribution in [-0.4, -0.2) is 35.8 Å². The topological polar surface area (TPSA) is 49.8 Å². The Morgan fingerprint density at radius 1 is 1.45 bits per heavy atom. The summed E-state index contributed by atoms with van der Waals surface area (Å²) in [7, 11) is 0. The molecule has 1 saturated heterocycles. The fraction of sp³-hybridized carbons (Fsp3) is 0.583. The molecule has 0 aromatic carbocycles. The Morgan fingerprint density at radius 3 is 2.70 bits per heavy atom. The number of thiophene rings is 1. The molecule has 0 aliphatic carbocycles. The number of rotatable bonds is 0. The van der Waals surface area contributed by atoms with E-state index in [9.17, 15) is 13.6 Å². The summed E-state index contributed by atoms with van der Waals surface area (Å²) in [5.74, 6) is -2.98. The van der Waals surface area contributed by atoms with E-state index in [1.165, 1.54) is 22.3 Å². The second-order valence-electron chi connectivity index (χ2n) is 5.05. The first-order valence-electron chi connectivity index (χ1n) is 6.14. The van der Waals surface area contributed by atoms with Crippen LogP contribution in [0.25, 0.3) is 0 Å². The fourth-order valence-corrected chi connectivity index (χ4v) is 4.63. The monoisotopic (exact) mass is 367 g/mol. The van der Waals surface area contributed by atoms with Gasteiger partial charge in [0, 0.05) is 23.5 Å². The van der Waals surface area contributed by atoms with Crippen LogP contribution < -0.4 is 0 Å². The smallest absolute Gasteiger partial charge is 0.407 e. The van der Waals surface area contributed by atoms with Gasteiger partial charge in [0.25, 0.3) is 5.92 Å². The first-order chi connectivity index (χ1) is 9.34. The van der Waals surface area contributed by atoms with E-state index in [2.05, 4.69) is 15.9 Å². The van der Waals surface area contributed by atoms with E-state index in [-0.39, 0.29) is 5.56 Å². The number of alkyl halides is 2. The van der Waals surface area contributed by atoms with E-state index < -0.39 is 24.2 Å². The van der Waals surface area contributed by atoms with Gasteiger partial charge in [-0.25, -0.2) is 4.79 Å². The lowest BCUT2D eigenvalue weighted by Gasteiger charge is -2.44. The zero-order valence-corrected chi connectivity index (χ0v) is 12.8. The Kier molecular flexibility index (Phi) is 3.30. The quantitative estimate of drug-likeness (QED) is 0.761. The Bertz CT molecular complexity index is 555. The predicted octanol–water partition coefficient (Wildman–Crippen LogP) is 3.60. The molecule has 3 heterocycles. The van der Waals surface area contributed by atoms with Crippen molar-refractivity contribution >= 4 is 33.4 Å². The predicted molar refractivity (Wildman–Crippen MR) is 72.4 cm³/mol. The molecule has 8 heteroatoms. The molecule has 2 aliphatic rings. The number of halogens is 3. The van der Waals surface area contributed by atoms with Crippen LogP contribution in [0.4, 0.5) is 13.6 Å². The number of likely N-dealkylation sites (tertiary alicyclic amines) is 1. The highest BCUT2D eigenvalue weighted by molar-refractivity contribution is 9.11. The molecular formula is C12H12BrF2NO3S. The van der Waals surface area contributed by atoms with Crippen molar-refractivity contribution in [1.29, 1.82) is 0 Å². The zero-order chi connectivity index (χ0) is 14.5. The van der Waals surface area contributed by atoms with Crippen LogP contribution in [-0.2, 0) is 16.3 Å². The van der Waals surface area contributed by atoms with Gasteiger partial charge in [0.15, 0.2) is 0 Å². The van der Waals surface area contributed by atoms with Crippen molar-refractivity contribution in [2.45, 2.75) is 24.4 Å². The number of hydrogen-bond acceptors (Lipinski definition) is 3. The molecule has 20 heavy (non-hydrogen) atoms. The minimum absolute atomic E-state index is 0.0180. The lowest BCUT2D eigenvalue weighted by molar-refractivity contribution is -0.180. The summed E-state index contributed by atoms with van der Waals surface area (Å²) >= 11 is 4.51. The van der Waals surface area contributed by atoms with Crippen LogP contribution in [0.2, 0.25) is 0 Å². The van der Waals surface area contributed by atoms with Crippen LogP contribution in [0, 0.1) is 0 Å². The number of hydrogen-bond donors (Lipinski definition) is 1. The molecule has 0 radical (unpaired) electrons. The number of piperidine rings is 1. The number of carbonyl (C=O) groups is 1.